The van der Waals surface area contributed by atoms with Crippen molar-refractivity contribution in [2.75, 3.05) is 6.61 Å². The molecule has 6 heteroatoms. The van der Waals surface area contributed by atoms with Crippen molar-refractivity contribution in [1.82, 2.24) is 9.71 Å². The predicted molar refractivity (Wildman–Crippen MR) is 73.3 cm³/mol. The zero-order chi connectivity index (χ0) is 14.0. The van der Waals surface area contributed by atoms with Crippen molar-refractivity contribution in [3.63, 3.8) is 0 Å². The fourth-order valence-corrected chi connectivity index (χ4v) is 3.24. The van der Waals surface area contributed by atoms with Crippen LogP contribution >= 0.6 is 0 Å². The van der Waals surface area contributed by atoms with Gasteiger partial charge >= 0.3 is 0 Å². The highest BCUT2D eigenvalue weighted by molar-refractivity contribution is 7.89. The average Bonchev–Trinajstić information content (AvgIpc) is 2.37. The Bertz CT molecular complexity index is 698. The van der Waals surface area contributed by atoms with Gasteiger partial charge in [0.05, 0.1) is 12.1 Å². The molecule has 0 bridgehead atoms. The highest BCUT2D eigenvalue weighted by atomic mass is 32.2. The van der Waals surface area contributed by atoms with E-state index in [4.69, 9.17) is 5.11 Å². The number of hydrogen-bond donors (Lipinski definition) is 2. The van der Waals surface area contributed by atoms with Crippen LogP contribution in [-0.2, 0) is 10.0 Å². The monoisotopic (exact) mass is 280 g/mol. The van der Waals surface area contributed by atoms with Gasteiger partial charge in [0.1, 0.15) is 4.90 Å². The van der Waals surface area contributed by atoms with Gasteiger partial charge in [-0.05, 0) is 31.5 Å². The summed E-state index contributed by atoms with van der Waals surface area (Å²) in [6, 6.07) is 6.37. The topological polar surface area (TPSA) is 79.3 Å². The second-order valence-electron chi connectivity index (χ2n) is 4.55. The molecule has 1 unspecified atom stereocenters. The summed E-state index contributed by atoms with van der Waals surface area (Å²) in [4.78, 5) is 4.33. The van der Waals surface area contributed by atoms with Crippen LogP contribution in [0.15, 0.2) is 35.4 Å². The normalized spacial score (nSPS) is 13.6. The smallest absolute Gasteiger partial charge is 0.243 e. The third-order valence-electron chi connectivity index (χ3n) is 2.73. The third kappa shape index (κ3) is 2.91. The largest absolute Gasteiger partial charge is 0.395 e. The Morgan fingerprint density at radius 1 is 1.42 bits per heavy atom. The predicted octanol–water partition coefficient (Wildman–Crippen LogP) is 1.20. The van der Waals surface area contributed by atoms with Gasteiger partial charge in [-0.3, -0.25) is 4.98 Å². The first-order valence-electron chi connectivity index (χ1n) is 5.92. The molecule has 0 radical (unpaired) electrons. The second-order valence-corrected chi connectivity index (χ2v) is 6.23. The summed E-state index contributed by atoms with van der Waals surface area (Å²) in [5.41, 5.74) is 1.41. The molecule has 0 aliphatic carbocycles. The first kappa shape index (κ1) is 13.9. The van der Waals surface area contributed by atoms with Crippen molar-refractivity contribution in [2.24, 2.45) is 0 Å². The molecule has 1 atom stereocenters. The summed E-state index contributed by atoms with van der Waals surface area (Å²) < 4.78 is 26.9. The SMILES string of the molecule is Cc1cnc2c(S(=O)(=O)NC(C)CO)cccc2c1. The van der Waals surface area contributed by atoms with Crippen molar-refractivity contribution >= 4 is 20.9 Å². The van der Waals surface area contributed by atoms with Crippen molar-refractivity contribution in [3.05, 3.63) is 36.0 Å². The van der Waals surface area contributed by atoms with Gasteiger partial charge in [-0.2, -0.15) is 0 Å². The van der Waals surface area contributed by atoms with Crippen molar-refractivity contribution < 1.29 is 13.5 Å². The van der Waals surface area contributed by atoms with E-state index in [9.17, 15) is 8.42 Å². The van der Waals surface area contributed by atoms with E-state index in [1.165, 1.54) is 6.07 Å². The van der Waals surface area contributed by atoms with Crippen LogP contribution in [0.3, 0.4) is 0 Å². The van der Waals surface area contributed by atoms with Crippen LogP contribution < -0.4 is 4.72 Å². The molecule has 102 valence electrons. The van der Waals surface area contributed by atoms with Gasteiger partial charge in [-0.15, -0.1) is 0 Å². The Labute approximate surface area is 112 Å². The van der Waals surface area contributed by atoms with E-state index < -0.39 is 16.1 Å². The Morgan fingerprint density at radius 3 is 2.84 bits per heavy atom. The summed E-state index contributed by atoms with van der Waals surface area (Å²) >= 11 is 0. The van der Waals surface area contributed by atoms with Crippen LogP contribution in [0.1, 0.15) is 12.5 Å². The number of pyridine rings is 1. The highest BCUT2D eigenvalue weighted by Crippen LogP contribution is 2.21. The number of nitrogens with zero attached hydrogens (tertiary/aromatic N) is 1. The zero-order valence-corrected chi connectivity index (χ0v) is 11.6. The van der Waals surface area contributed by atoms with E-state index in [1.54, 1.807) is 19.2 Å². The van der Waals surface area contributed by atoms with Crippen LogP contribution in [-0.4, -0.2) is 31.2 Å². The van der Waals surface area contributed by atoms with Gasteiger partial charge in [-0.25, -0.2) is 13.1 Å². The molecule has 1 heterocycles. The molecule has 5 nitrogen and oxygen atoms in total. The molecule has 1 aromatic carbocycles. The van der Waals surface area contributed by atoms with E-state index in [0.29, 0.717) is 5.52 Å². The zero-order valence-electron chi connectivity index (χ0n) is 10.8. The lowest BCUT2D eigenvalue weighted by atomic mass is 10.2. The first-order chi connectivity index (χ1) is 8.94. The Balaban J connectivity index is 2.56. The Morgan fingerprint density at radius 2 is 2.16 bits per heavy atom. The molecule has 0 saturated heterocycles. The van der Waals surface area contributed by atoms with E-state index in [0.717, 1.165) is 10.9 Å². The number of rotatable bonds is 4. The van der Waals surface area contributed by atoms with Gasteiger partial charge in [-0.1, -0.05) is 12.1 Å². The maximum Gasteiger partial charge on any atom is 0.243 e. The standard InChI is InChI=1S/C13H16N2O3S/c1-9-6-11-4-3-5-12(13(11)14-7-9)19(17,18)15-10(2)8-16/h3-7,10,15-16H,8H2,1-2H3. The second kappa shape index (κ2) is 5.24. The van der Waals surface area contributed by atoms with Gasteiger partial charge in [0.15, 0.2) is 0 Å². The first-order valence-corrected chi connectivity index (χ1v) is 7.41. The van der Waals surface area contributed by atoms with Crippen molar-refractivity contribution in [3.8, 4) is 0 Å². The number of aryl methyl sites for hydroxylation is 1. The number of fused-ring (bicyclic) bond motifs is 1. The lowest BCUT2D eigenvalue weighted by molar-refractivity contribution is 0.265. The Kier molecular flexibility index (Phi) is 3.84. The van der Waals surface area contributed by atoms with Crippen molar-refractivity contribution in [2.45, 2.75) is 24.8 Å². The molecule has 2 aromatic rings. The molecule has 0 amide bonds. The quantitative estimate of drug-likeness (QED) is 0.882. The number of aromatic nitrogens is 1. The average molecular weight is 280 g/mol. The minimum atomic E-state index is -3.68. The fraction of sp³-hybridized carbons (Fsp3) is 0.308. The number of hydrogen-bond acceptors (Lipinski definition) is 4. The lowest BCUT2D eigenvalue weighted by Gasteiger charge is -2.13. The van der Waals surface area contributed by atoms with Gasteiger partial charge < -0.3 is 5.11 Å². The highest BCUT2D eigenvalue weighted by Gasteiger charge is 2.20. The minimum absolute atomic E-state index is 0.130. The molecule has 19 heavy (non-hydrogen) atoms. The molecule has 0 saturated carbocycles. The summed E-state index contributed by atoms with van der Waals surface area (Å²) in [6.07, 6.45) is 1.64. The summed E-state index contributed by atoms with van der Waals surface area (Å²) in [5, 5.41) is 9.73. The summed E-state index contributed by atoms with van der Waals surface area (Å²) in [7, 11) is -3.68. The molecule has 0 fully saturated rings. The maximum absolute atomic E-state index is 12.2. The molecule has 1 aromatic heterocycles. The number of aliphatic hydroxyl groups is 1. The molecule has 2 rings (SSSR count). The number of nitrogens with one attached hydrogen (secondary N) is 1. The number of sulfonamides is 1. The third-order valence-corrected chi connectivity index (χ3v) is 4.35. The van der Waals surface area contributed by atoms with Gasteiger partial charge in [0, 0.05) is 17.6 Å². The summed E-state index contributed by atoms with van der Waals surface area (Å²) in [5.74, 6) is 0. The molecule has 2 N–H and O–H groups in total. The number of para-hydroxylation sites is 1. The number of benzene rings is 1. The van der Waals surface area contributed by atoms with E-state index in [2.05, 4.69) is 9.71 Å². The van der Waals surface area contributed by atoms with Gasteiger partial charge in [0.2, 0.25) is 10.0 Å². The Hall–Kier alpha value is -1.50. The van der Waals surface area contributed by atoms with Crippen molar-refractivity contribution in [1.29, 1.82) is 0 Å². The van der Waals surface area contributed by atoms with E-state index in [1.807, 2.05) is 19.1 Å². The van der Waals surface area contributed by atoms with E-state index >= 15 is 0 Å². The molecular weight excluding hydrogens is 264 g/mol. The maximum atomic E-state index is 12.2. The molecular formula is C13H16N2O3S. The molecule has 0 spiro atoms. The summed E-state index contributed by atoms with van der Waals surface area (Å²) in [6.45, 7) is 3.25. The lowest BCUT2D eigenvalue weighted by Crippen LogP contribution is -2.35. The van der Waals surface area contributed by atoms with Crippen LogP contribution in [0.5, 0.6) is 0 Å². The van der Waals surface area contributed by atoms with Crippen LogP contribution in [0.4, 0.5) is 0 Å². The minimum Gasteiger partial charge on any atom is -0.395 e. The van der Waals surface area contributed by atoms with Crippen LogP contribution in [0.25, 0.3) is 10.9 Å². The molecule has 0 aliphatic rings. The van der Waals surface area contributed by atoms with Crippen LogP contribution in [0, 0.1) is 6.92 Å². The molecule has 0 aliphatic heterocycles. The number of aliphatic hydroxyl groups excluding tert-OH is 1. The fourth-order valence-electron chi connectivity index (χ4n) is 1.83. The van der Waals surface area contributed by atoms with Gasteiger partial charge in [0.25, 0.3) is 0 Å². The van der Waals surface area contributed by atoms with E-state index in [-0.39, 0.29) is 11.5 Å². The van der Waals surface area contributed by atoms with Crippen LogP contribution in [0.2, 0.25) is 0 Å².